The molecule has 0 aliphatic carbocycles. The molecule has 0 aliphatic rings. The molecule has 1 amide bonds. The Bertz CT molecular complexity index is 519. The molecule has 2 aromatic rings. The lowest BCUT2D eigenvalue weighted by molar-refractivity contribution is -0.122. The van der Waals surface area contributed by atoms with Gasteiger partial charge in [0.05, 0.1) is 13.1 Å². The summed E-state index contributed by atoms with van der Waals surface area (Å²) in [5.74, 6) is 0.687. The summed E-state index contributed by atoms with van der Waals surface area (Å²) in [6, 6.07) is 1.89. The van der Waals surface area contributed by atoms with Crippen LogP contribution in [0.25, 0.3) is 0 Å². The van der Waals surface area contributed by atoms with Crippen LogP contribution in [0.15, 0.2) is 18.5 Å². The lowest BCUT2D eigenvalue weighted by atomic mass is 10.3. The number of carbonyl (C=O) groups excluding carboxylic acids is 1. The topological polar surface area (TPSA) is 90.5 Å². The summed E-state index contributed by atoms with van der Waals surface area (Å²) >= 11 is 0. The van der Waals surface area contributed by atoms with Crippen LogP contribution in [-0.4, -0.2) is 41.9 Å². The average molecular weight is 263 g/mol. The molecular weight excluding hydrogens is 246 g/mol. The van der Waals surface area contributed by atoms with Crippen LogP contribution in [0.1, 0.15) is 19.2 Å². The van der Waals surface area contributed by atoms with E-state index in [2.05, 4.69) is 25.9 Å². The van der Waals surface area contributed by atoms with Gasteiger partial charge in [-0.05, 0) is 30.3 Å². The molecule has 0 spiro atoms. The van der Waals surface area contributed by atoms with Gasteiger partial charge in [-0.15, -0.1) is 5.10 Å². The summed E-state index contributed by atoms with van der Waals surface area (Å²) < 4.78 is 3.40. The first-order chi connectivity index (χ1) is 9.15. The Morgan fingerprint density at radius 3 is 3.00 bits per heavy atom. The van der Waals surface area contributed by atoms with Gasteiger partial charge < -0.3 is 5.32 Å². The molecule has 1 N–H and O–H groups in total. The molecule has 102 valence electrons. The van der Waals surface area contributed by atoms with Crippen molar-refractivity contribution in [3.05, 3.63) is 24.3 Å². The Kier molecular flexibility index (Phi) is 4.22. The van der Waals surface area contributed by atoms with Gasteiger partial charge in [0.1, 0.15) is 5.82 Å². The summed E-state index contributed by atoms with van der Waals surface area (Å²) in [7, 11) is 0. The first-order valence-corrected chi connectivity index (χ1v) is 6.14. The van der Waals surface area contributed by atoms with Crippen LogP contribution in [-0.2, 0) is 17.9 Å². The van der Waals surface area contributed by atoms with E-state index in [-0.39, 0.29) is 11.9 Å². The number of aryl methyl sites for hydroxylation is 2. The van der Waals surface area contributed by atoms with Gasteiger partial charge in [0.15, 0.2) is 0 Å². The number of hydrogen-bond acceptors (Lipinski definition) is 5. The summed E-state index contributed by atoms with van der Waals surface area (Å²) in [6.07, 6.45) is 3.94. The number of nitrogens with zero attached hydrogens (tertiary/aromatic N) is 6. The second-order valence-corrected chi connectivity index (χ2v) is 4.40. The molecule has 0 saturated carbocycles. The van der Waals surface area contributed by atoms with E-state index in [1.807, 2.05) is 19.2 Å². The quantitative estimate of drug-likeness (QED) is 0.777. The Balaban J connectivity index is 1.73. The van der Waals surface area contributed by atoms with Crippen LogP contribution in [0, 0.1) is 6.92 Å². The molecule has 0 saturated heterocycles. The number of rotatable bonds is 6. The standard InChI is InChI=1S/C11H17N7O/c1-9(8-17-6-3-5-12-17)13-11(19)4-7-18-10(2)14-15-16-18/h3,5-6,9H,4,7-8H2,1-2H3,(H,13,19)/t9-/m1/s1. The predicted molar refractivity (Wildman–Crippen MR) is 67.0 cm³/mol. The molecule has 1 atom stereocenters. The van der Waals surface area contributed by atoms with Gasteiger partial charge in [-0.2, -0.15) is 5.10 Å². The smallest absolute Gasteiger partial charge is 0.222 e. The van der Waals surface area contributed by atoms with Crippen molar-refractivity contribution >= 4 is 5.91 Å². The molecule has 0 unspecified atom stereocenters. The highest BCUT2D eigenvalue weighted by molar-refractivity contribution is 5.76. The van der Waals surface area contributed by atoms with E-state index in [9.17, 15) is 4.79 Å². The highest BCUT2D eigenvalue weighted by Crippen LogP contribution is 1.95. The van der Waals surface area contributed by atoms with Crippen molar-refractivity contribution in [2.45, 2.75) is 39.4 Å². The molecule has 19 heavy (non-hydrogen) atoms. The maximum absolute atomic E-state index is 11.8. The van der Waals surface area contributed by atoms with Gasteiger partial charge in [-0.1, -0.05) is 0 Å². The number of tetrazole rings is 1. The van der Waals surface area contributed by atoms with Crippen LogP contribution >= 0.6 is 0 Å². The summed E-state index contributed by atoms with van der Waals surface area (Å²) in [5, 5.41) is 18.1. The molecule has 0 bridgehead atoms. The number of aromatic nitrogens is 6. The van der Waals surface area contributed by atoms with E-state index in [4.69, 9.17) is 0 Å². The van der Waals surface area contributed by atoms with E-state index < -0.39 is 0 Å². The summed E-state index contributed by atoms with van der Waals surface area (Å²) in [5.41, 5.74) is 0. The van der Waals surface area contributed by atoms with Crippen molar-refractivity contribution < 1.29 is 4.79 Å². The van der Waals surface area contributed by atoms with Gasteiger partial charge in [0.2, 0.25) is 5.91 Å². The third-order valence-corrected chi connectivity index (χ3v) is 2.69. The summed E-state index contributed by atoms with van der Waals surface area (Å²) in [4.78, 5) is 11.8. The van der Waals surface area contributed by atoms with Crippen LogP contribution in [0.5, 0.6) is 0 Å². The van der Waals surface area contributed by atoms with Crippen molar-refractivity contribution in [3.63, 3.8) is 0 Å². The predicted octanol–water partition coefficient (Wildman–Crippen LogP) is -0.227. The largest absolute Gasteiger partial charge is 0.352 e. The maximum atomic E-state index is 11.8. The number of hydrogen-bond donors (Lipinski definition) is 1. The molecular formula is C11H17N7O. The first-order valence-electron chi connectivity index (χ1n) is 6.14. The van der Waals surface area contributed by atoms with Gasteiger partial charge in [0, 0.05) is 24.9 Å². The average Bonchev–Trinajstić information content (AvgIpc) is 2.98. The zero-order valence-electron chi connectivity index (χ0n) is 11.0. The Hall–Kier alpha value is -2.25. The monoisotopic (exact) mass is 263 g/mol. The Morgan fingerprint density at radius 1 is 1.53 bits per heavy atom. The van der Waals surface area contributed by atoms with Crippen molar-refractivity contribution in [1.82, 2.24) is 35.3 Å². The van der Waals surface area contributed by atoms with Crippen molar-refractivity contribution in [1.29, 1.82) is 0 Å². The Labute approximate surface area is 110 Å². The van der Waals surface area contributed by atoms with E-state index >= 15 is 0 Å². The third kappa shape index (κ3) is 3.87. The second-order valence-electron chi connectivity index (χ2n) is 4.40. The maximum Gasteiger partial charge on any atom is 0.222 e. The molecule has 8 nitrogen and oxygen atoms in total. The van der Waals surface area contributed by atoms with Crippen LogP contribution < -0.4 is 5.32 Å². The van der Waals surface area contributed by atoms with E-state index in [1.54, 1.807) is 22.5 Å². The third-order valence-electron chi connectivity index (χ3n) is 2.69. The lowest BCUT2D eigenvalue weighted by Crippen LogP contribution is -2.36. The molecule has 2 heterocycles. The fourth-order valence-corrected chi connectivity index (χ4v) is 1.74. The van der Waals surface area contributed by atoms with E-state index in [0.29, 0.717) is 25.3 Å². The SMILES string of the molecule is Cc1nnnn1CCC(=O)N[C@H](C)Cn1cccn1. The highest BCUT2D eigenvalue weighted by atomic mass is 16.1. The molecule has 2 rings (SSSR count). The van der Waals surface area contributed by atoms with E-state index in [1.165, 1.54) is 0 Å². The van der Waals surface area contributed by atoms with Crippen molar-refractivity contribution in [2.75, 3.05) is 0 Å². The minimum Gasteiger partial charge on any atom is -0.352 e. The normalized spacial score (nSPS) is 12.3. The number of carbonyl (C=O) groups is 1. The molecule has 0 aliphatic heterocycles. The minimum atomic E-state index is -0.0189. The van der Waals surface area contributed by atoms with Crippen LogP contribution in [0.2, 0.25) is 0 Å². The fourth-order valence-electron chi connectivity index (χ4n) is 1.74. The van der Waals surface area contributed by atoms with Gasteiger partial charge in [0.25, 0.3) is 0 Å². The molecule has 2 aromatic heterocycles. The number of nitrogens with one attached hydrogen (secondary N) is 1. The lowest BCUT2D eigenvalue weighted by Gasteiger charge is -2.13. The molecule has 0 aromatic carbocycles. The van der Waals surface area contributed by atoms with Crippen LogP contribution in [0.3, 0.4) is 0 Å². The minimum absolute atomic E-state index is 0.0189. The number of amides is 1. The second kappa shape index (κ2) is 6.07. The van der Waals surface area contributed by atoms with Gasteiger partial charge in [-0.3, -0.25) is 9.48 Å². The van der Waals surface area contributed by atoms with Gasteiger partial charge in [-0.25, -0.2) is 4.68 Å². The molecule has 0 radical (unpaired) electrons. The summed E-state index contributed by atoms with van der Waals surface area (Å²) in [6.45, 7) is 4.89. The first kappa shape index (κ1) is 13.2. The van der Waals surface area contributed by atoms with Crippen LogP contribution in [0.4, 0.5) is 0 Å². The van der Waals surface area contributed by atoms with Crippen molar-refractivity contribution in [2.24, 2.45) is 0 Å². The van der Waals surface area contributed by atoms with Gasteiger partial charge >= 0.3 is 0 Å². The molecule has 0 fully saturated rings. The van der Waals surface area contributed by atoms with Crippen molar-refractivity contribution in [3.8, 4) is 0 Å². The fraction of sp³-hybridized carbons (Fsp3) is 0.545. The highest BCUT2D eigenvalue weighted by Gasteiger charge is 2.09. The van der Waals surface area contributed by atoms with E-state index in [0.717, 1.165) is 0 Å². The zero-order chi connectivity index (χ0) is 13.7. The molecule has 8 heteroatoms. The Morgan fingerprint density at radius 2 is 2.37 bits per heavy atom. The zero-order valence-corrected chi connectivity index (χ0v) is 11.0.